The molecule has 2 rings (SSSR count). The molecule has 1 aliphatic heterocycles. The van der Waals surface area contributed by atoms with E-state index in [1.54, 1.807) is 0 Å². The molecule has 2 heterocycles. The van der Waals surface area contributed by atoms with Gasteiger partial charge in [-0.3, -0.25) is 0 Å². The Morgan fingerprint density at radius 3 is 3.07 bits per heavy atom. The lowest BCUT2D eigenvalue weighted by Gasteiger charge is -2.31. The molecule has 0 bridgehead atoms. The van der Waals surface area contributed by atoms with Gasteiger partial charge in [-0.05, 0) is 11.6 Å². The Balaban J connectivity index is 2.07. The summed E-state index contributed by atoms with van der Waals surface area (Å²) in [4.78, 5) is 6.79. The monoisotopic (exact) mass is 242 g/mol. The second-order valence-electron chi connectivity index (χ2n) is 3.79. The average molecular weight is 243 g/mol. The van der Waals surface area contributed by atoms with Crippen LogP contribution in [-0.2, 0) is 5.88 Å². The van der Waals surface area contributed by atoms with Crippen molar-refractivity contribution in [1.29, 1.82) is 0 Å². The molecule has 0 amide bonds. The molecule has 0 spiro atoms. The van der Waals surface area contributed by atoms with Crippen LogP contribution >= 0.6 is 23.4 Å². The molecule has 1 aliphatic rings. The van der Waals surface area contributed by atoms with Crippen LogP contribution < -0.4 is 4.90 Å². The van der Waals surface area contributed by atoms with E-state index in [4.69, 9.17) is 11.6 Å². The Bertz CT molecular complexity index is 315. The van der Waals surface area contributed by atoms with Crippen LogP contribution in [0.5, 0.6) is 0 Å². The lowest BCUT2D eigenvalue weighted by molar-refractivity contribution is 0.770. The van der Waals surface area contributed by atoms with E-state index in [9.17, 15) is 0 Å². The molecule has 4 heteroatoms. The molecule has 82 valence electrons. The Hall–Kier alpha value is -0.410. The third-order valence-electron chi connectivity index (χ3n) is 2.53. The molecule has 15 heavy (non-hydrogen) atoms. The number of rotatable bonds is 2. The molecule has 2 nitrogen and oxygen atoms in total. The fraction of sp³-hybridized carbons (Fsp3) is 0.545. The van der Waals surface area contributed by atoms with Crippen LogP contribution in [0.2, 0.25) is 0 Å². The highest BCUT2D eigenvalue weighted by molar-refractivity contribution is 8.00. The number of pyridine rings is 1. The maximum Gasteiger partial charge on any atom is 0.128 e. The maximum absolute atomic E-state index is 5.73. The normalized spacial score (nSPS) is 21.7. The zero-order chi connectivity index (χ0) is 10.7. The van der Waals surface area contributed by atoms with Gasteiger partial charge in [-0.2, -0.15) is 11.8 Å². The molecular formula is C11H15ClN2S. The molecule has 1 fully saturated rings. The predicted octanol–water partition coefficient (Wildman–Crippen LogP) is 2.76. The molecule has 0 aliphatic carbocycles. The topological polar surface area (TPSA) is 16.1 Å². The summed E-state index contributed by atoms with van der Waals surface area (Å²) in [5.41, 5.74) is 1.08. The van der Waals surface area contributed by atoms with E-state index in [1.165, 1.54) is 5.75 Å². The first-order chi connectivity index (χ1) is 7.29. The zero-order valence-electron chi connectivity index (χ0n) is 8.82. The van der Waals surface area contributed by atoms with Gasteiger partial charge in [0.15, 0.2) is 0 Å². The molecule has 1 unspecified atom stereocenters. The lowest BCUT2D eigenvalue weighted by atomic mass is 10.3. The quantitative estimate of drug-likeness (QED) is 0.742. The van der Waals surface area contributed by atoms with Crippen LogP contribution in [0.25, 0.3) is 0 Å². The van der Waals surface area contributed by atoms with E-state index in [2.05, 4.69) is 28.9 Å². The first-order valence-electron chi connectivity index (χ1n) is 5.17. The van der Waals surface area contributed by atoms with Gasteiger partial charge in [0.1, 0.15) is 5.82 Å². The molecule has 0 radical (unpaired) electrons. The van der Waals surface area contributed by atoms with Crippen molar-refractivity contribution in [1.82, 2.24) is 4.98 Å². The van der Waals surface area contributed by atoms with Crippen molar-refractivity contribution in [2.45, 2.75) is 18.1 Å². The highest BCUT2D eigenvalue weighted by Gasteiger charge is 2.17. The van der Waals surface area contributed by atoms with Gasteiger partial charge in [0.25, 0.3) is 0 Å². The first kappa shape index (κ1) is 11.1. The standard InChI is InChI=1S/C11H15ClN2S/c1-9-8-14(4-5-15-9)11-3-2-10(6-12)7-13-11/h2-3,7,9H,4-6,8H2,1H3. The molecule has 0 N–H and O–H groups in total. The molecule has 1 aromatic rings. The number of alkyl halides is 1. The van der Waals surface area contributed by atoms with E-state index in [1.807, 2.05) is 18.0 Å². The van der Waals surface area contributed by atoms with E-state index in [-0.39, 0.29) is 0 Å². The molecule has 1 atom stereocenters. The predicted molar refractivity (Wildman–Crippen MR) is 67.9 cm³/mol. The summed E-state index contributed by atoms with van der Waals surface area (Å²) >= 11 is 7.76. The Labute approximate surface area is 100 Å². The van der Waals surface area contributed by atoms with E-state index in [0.29, 0.717) is 11.1 Å². The van der Waals surface area contributed by atoms with Gasteiger partial charge in [0.05, 0.1) is 0 Å². The second kappa shape index (κ2) is 5.08. The number of aromatic nitrogens is 1. The van der Waals surface area contributed by atoms with Crippen LogP contribution in [-0.4, -0.2) is 29.1 Å². The van der Waals surface area contributed by atoms with Crippen LogP contribution in [0.15, 0.2) is 18.3 Å². The van der Waals surface area contributed by atoms with Gasteiger partial charge in [-0.15, -0.1) is 11.6 Å². The average Bonchev–Trinajstić information content (AvgIpc) is 2.29. The number of hydrogen-bond acceptors (Lipinski definition) is 3. The smallest absolute Gasteiger partial charge is 0.128 e. The van der Waals surface area contributed by atoms with Crippen LogP contribution in [0.1, 0.15) is 12.5 Å². The highest BCUT2D eigenvalue weighted by Crippen LogP contribution is 2.22. The number of hydrogen-bond donors (Lipinski definition) is 0. The maximum atomic E-state index is 5.73. The van der Waals surface area contributed by atoms with E-state index in [0.717, 1.165) is 24.5 Å². The van der Waals surface area contributed by atoms with Gasteiger partial charge >= 0.3 is 0 Å². The van der Waals surface area contributed by atoms with Crippen molar-refractivity contribution >= 4 is 29.2 Å². The fourth-order valence-corrected chi connectivity index (χ4v) is 2.88. The third-order valence-corrected chi connectivity index (χ3v) is 3.97. The molecule has 0 saturated carbocycles. The van der Waals surface area contributed by atoms with Gasteiger partial charge in [-0.25, -0.2) is 4.98 Å². The number of nitrogens with zero attached hydrogens (tertiary/aromatic N) is 2. The molecule has 0 aromatic carbocycles. The van der Waals surface area contributed by atoms with E-state index < -0.39 is 0 Å². The fourth-order valence-electron chi connectivity index (χ4n) is 1.71. The summed E-state index contributed by atoms with van der Waals surface area (Å²) in [6.07, 6.45) is 1.87. The Morgan fingerprint density at radius 2 is 2.47 bits per heavy atom. The van der Waals surface area contributed by atoms with Gasteiger partial charge in [-0.1, -0.05) is 13.0 Å². The van der Waals surface area contributed by atoms with Crippen LogP contribution in [0.4, 0.5) is 5.82 Å². The number of halogens is 1. The summed E-state index contributed by atoms with van der Waals surface area (Å²) in [6.45, 7) is 4.46. The van der Waals surface area contributed by atoms with Crippen molar-refractivity contribution in [2.75, 3.05) is 23.7 Å². The second-order valence-corrected chi connectivity index (χ2v) is 5.60. The first-order valence-corrected chi connectivity index (χ1v) is 6.75. The van der Waals surface area contributed by atoms with Crippen molar-refractivity contribution in [2.24, 2.45) is 0 Å². The molecule has 1 saturated heterocycles. The van der Waals surface area contributed by atoms with Crippen molar-refractivity contribution in [3.05, 3.63) is 23.9 Å². The minimum Gasteiger partial charge on any atom is -0.355 e. The summed E-state index contributed by atoms with van der Waals surface area (Å²) in [7, 11) is 0. The Morgan fingerprint density at radius 1 is 1.60 bits per heavy atom. The summed E-state index contributed by atoms with van der Waals surface area (Å²) in [5, 5.41) is 0.702. The van der Waals surface area contributed by atoms with Gasteiger partial charge < -0.3 is 4.90 Å². The minimum atomic E-state index is 0.541. The number of thioether (sulfide) groups is 1. The van der Waals surface area contributed by atoms with Gasteiger partial charge in [0, 0.05) is 36.2 Å². The summed E-state index contributed by atoms with van der Waals surface area (Å²) in [5.74, 6) is 2.82. The van der Waals surface area contributed by atoms with Gasteiger partial charge in [0.2, 0.25) is 0 Å². The van der Waals surface area contributed by atoms with Crippen LogP contribution in [0, 0.1) is 0 Å². The SMILES string of the molecule is CC1CN(c2ccc(CCl)cn2)CCS1. The van der Waals surface area contributed by atoms with Crippen LogP contribution in [0.3, 0.4) is 0 Å². The molecule has 1 aromatic heterocycles. The third kappa shape index (κ3) is 2.79. The van der Waals surface area contributed by atoms with Crippen molar-refractivity contribution in [3.8, 4) is 0 Å². The summed E-state index contributed by atoms with van der Waals surface area (Å²) in [6, 6.07) is 4.13. The van der Waals surface area contributed by atoms with E-state index >= 15 is 0 Å². The van der Waals surface area contributed by atoms with Crippen molar-refractivity contribution < 1.29 is 0 Å². The lowest BCUT2D eigenvalue weighted by Crippen LogP contribution is -2.37. The number of anilines is 1. The minimum absolute atomic E-state index is 0.541. The summed E-state index contributed by atoms with van der Waals surface area (Å²) < 4.78 is 0. The Kier molecular flexibility index (Phi) is 3.76. The largest absolute Gasteiger partial charge is 0.355 e. The van der Waals surface area contributed by atoms with Crippen molar-refractivity contribution in [3.63, 3.8) is 0 Å². The zero-order valence-corrected chi connectivity index (χ0v) is 10.4. The molecular weight excluding hydrogens is 228 g/mol. The highest BCUT2D eigenvalue weighted by atomic mass is 35.5.